The van der Waals surface area contributed by atoms with E-state index in [-0.39, 0.29) is 0 Å². The Morgan fingerprint density at radius 3 is 2.58 bits per heavy atom. The van der Waals surface area contributed by atoms with Gasteiger partial charge in [-0.2, -0.15) is 0 Å². The third kappa shape index (κ3) is 3.93. The third-order valence-electron chi connectivity index (χ3n) is 3.05. The van der Waals surface area contributed by atoms with Gasteiger partial charge in [-0.1, -0.05) is 61.4 Å². The van der Waals surface area contributed by atoms with Crippen LogP contribution in [0.15, 0.2) is 0 Å². The van der Waals surface area contributed by atoms with Gasteiger partial charge in [-0.05, 0) is 18.8 Å². The van der Waals surface area contributed by atoms with Crippen LogP contribution >= 0.6 is 15.9 Å². The predicted octanol–water partition coefficient (Wildman–Crippen LogP) is 4.52. The maximum absolute atomic E-state index is 3.69. The second kappa shape index (κ2) is 6.01. The maximum atomic E-state index is 3.69. The fraction of sp³-hybridized carbons (Fsp3) is 1.00. The fourth-order valence-corrected chi connectivity index (χ4v) is 2.45. The van der Waals surface area contributed by atoms with Crippen LogP contribution in [0.25, 0.3) is 0 Å². The van der Waals surface area contributed by atoms with Crippen molar-refractivity contribution < 1.29 is 0 Å². The van der Waals surface area contributed by atoms with Gasteiger partial charge in [0.05, 0.1) is 0 Å². The van der Waals surface area contributed by atoms with E-state index in [1.54, 1.807) is 0 Å². The van der Waals surface area contributed by atoms with Crippen LogP contribution in [0, 0.1) is 5.92 Å². The van der Waals surface area contributed by atoms with Gasteiger partial charge in [0.15, 0.2) is 0 Å². The van der Waals surface area contributed by atoms with Crippen molar-refractivity contribution in [1.29, 1.82) is 0 Å². The average Bonchev–Trinajstić information content (AvgIpc) is 2.57. The first-order chi connectivity index (χ1) is 5.83. The molecule has 1 unspecified atom stereocenters. The molecule has 0 heterocycles. The normalized spacial score (nSPS) is 21.5. The quantitative estimate of drug-likeness (QED) is 0.612. The summed E-state index contributed by atoms with van der Waals surface area (Å²) < 4.78 is 0. The van der Waals surface area contributed by atoms with Gasteiger partial charge in [0.25, 0.3) is 0 Å². The summed E-state index contributed by atoms with van der Waals surface area (Å²) >= 11 is 3.69. The molecule has 0 saturated heterocycles. The molecule has 0 nitrogen and oxygen atoms in total. The molecular weight excluding hydrogens is 212 g/mol. The summed E-state index contributed by atoms with van der Waals surface area (Å²) in [7, 11) is 0. The largest absolute Gasteiger partial charge is 0.0891 e. The Bertz CT molecular complexity index is 106. The van der Waals surface area contributed by atoms with E-state index in [9.17, 15) is 0 Å². The zero-order valence-corrected chi connectivity index (χ0v) is 9.78. The van der Waals surface area contributed by atoms with E-state index in [0.717, 1.165) is 10.7 Å². The lowest BCUT2D eigenvalue weighted by molar-refractivity contribution is 0.470. The van der Waals surface area contributed by atoms with Crippen molar-refractivity contribution in [3.8, 4) is 0 Å². The summed E-state index contributed by atoms with van der Waals surface area (Å²) in [6, 6.07) is 0. The van der Waals surface area contributed by atoms with E-state index in [2.05, 4.69) is 22.9 Å². The first kappa shape index (κ1) is 10.6. The van der Waals surface area contributed by atoms with Gasteiger partial charge in [0.1, 0.15) is 0 Å². The van der Waals surface area contributed by atoms with Crippen LogP contribution in [-0.2, 0) is 0 Å². The lowest BCUT2D eigenvalue weighted by atomic mass is 10.00. The molecule has 1 atom stereocenters. The van der Waals surface area contributed by atoms with E-state index in [0.29, 0.717) is 0 Å². The monoisotopic (exact) mass is 232 g/mol. The first-order valence-corrected chi connectivity index (χ1v) is 6.38. The van der Waals surface area contributed by atoms with E-state index in [1.165, 1.54) is 51.4 Å². The minimum Gasteiger partial charge on any atom is -0.0891 e. The number of hydrogen-bond acceptors (Lipinski definition) is 0. The smallest absolute Gasteiger partial charge is 0.0143 e. The zero-order valence-electron chi connectivity index (χ0n) is 8.19. The van der Waals surface area contributed by atoms with E-state index >= 15 is 0 Å². The Hall–Kier alpha value is 0.480. The van der Waals surface area contributed by atoms with Gasteiger partial charge in [-0.15, -0.1) is 0 Å². The van der Waals surface area contributed by atoms with Crippen LogP contribution < -0.4 is 0 Å². The molecule has 0 amide bonds. The van der Waals surface area contributed by atoms with Crippen LogP contribution in [0.4, 0.5) is 0 Å². The Balaban J connectivity index is 1.94. The van der Waals surface area contributed by atoms with E-state index in [4.69, 9.17) is 0 Å². The summed E-state index contributed by atoms with van der Waals surface area (Å²) in [6.45, 7) is 2.26. The summed E-state index contributed by atoms with van der Waals surface area (Å²) in [5, 5.41) is 0. The molecule has 0 aromatic carbocycles. The molecule has 1 aliphatic carbocycles. The van der Waals surface area contributed by atoms with Crippen LogP contribution in [0.1, 0.15) is 58.3 Å². The highest BCUT2D eigenvalue weighted by Crippen LogP contribution is 2.29. The number of halogens is 1. The zero-order chi connectivity index (χ0) is 8.81. The molecule has 0 aliphatic heterocycles. The van der Waals surface area contributed by atoms with Gasteiger partial charge in [-0.25, -0.2) is 0 Å². The third-order valence-corrected chi connectivity index (χ3v) is 4.15. The average molecular weight is 233 g/mol. The van der Waals surface area contributed by atoms with Gasteiger partial charge in [-0.3, -0.25) is 0 Å². The number of alkyl halides is 1. The molecule has 0 aromatic rings. The second-order valence-electron chi connectivity index (χ2n) is 4.09. The summed E-state index contributed by atoms with van der Waals surface area (Å²) in [4.78, 5) is 0.777. The van der Waals surface area contributed by atoms with Gasteiger partial charge in [0, 0.05) is 4.83 Å². The van der Waals surface area contributed by atoms with Gasteiger partial charge in [0.2, 0.25) is 0 Å². The summed E-state index contributed by atoms with van der Waals surface area (Å²) in [5.74, 6) is 1.08. The SMILES string of the molecule is CCC(Br)CCCC1CCCC1. The molecule has 0 bridgehead atoms. The Morgan fingerprint density at radius 2 is 2.00 bits per heavy atom. The molecule has 0 radical (unpaired) electrons. The van der Waals surface area contributed by atoms with Crippen molar-refractivity contribution in [3.63, 3.8) is 0 Å². The number of rotatable bonds is 5. The Morgan fingerprint density at radius 1 is 1.33 bits per heavy atom. The molecule has 12 heavy (non-hydrogen) atoms. The standard InChI is InChI=1S/C11H21Br/c1-2-11(12)9-5-8-10-6-3-4-7-10/h10-11H,2-9H2,1H3. The van der Waals surface area contributed by atoms with Crippen molar-refractivity contribution >= 4 is 15.9 Å². The first-order valence-electron chi connectivity index (χ1n) is 5.47. The molecule has 1 saturated carbocycles. The van der Waals surface area contributed by atoms with Crippen molar-refractivity contribution in [3.05, 3.63) is 0 Å². The second-order valence-corrected chi connectivity index (χ2v) is 5.38. The molecule has 0 N–H and O–H groups in total. The molecule has 1 fully saturated rings. The summed E-state index contributed by atoms with van der Waals surface area (Å²) in [5.41, 5.74) is 0. The van der Waals surface area contributed by atoms with Crippen molar-refractivity contribution in [2.45, 2.75) is 63.1 Å². The minimum atomic E-state index is 0.777. The van der Waals surface area contributed by atoms with E-state index < -0.39 is 0 Å². The molecule has 1 rings (SSSR count). The van der Waals surface area contributed by atoms with Gasteiger partial charge >= 0.3 is 0 Å². The maximum Gasteiger partial charge on any atom is 0.0143 e. The van der Waals surface area contributed by atoms with Crippen LogP contribution in [-0.4, -0.2) is 4.83 Å². The minimum absolute atomic E-state index is 0.777. The highest BCUT2D eigenvalue weighted by molar-refractivity contribution is 9.09. The highest BCUT2D eigenvalue weighted by atomic mass is 79.9. The lowest BCUT2D eigenvalue weighted by Crippen LogP contribution is -1.98. The van der Waals surface area contributed by atoms with Crippen LogP contribution in [0.2, 0.25) is 0 Å². The van der Waals surface area contributed by atoms with Crippen molar-refractivity contribution in [2.75, 3.05) is 0 Å². The highest BCUT2D eigenvalue weighted by Gasteiger charge is 2.14. The molecule has 1 heteroatoms. The fourth-order valence-electron chi connectivity index (χ4n) is 2.13. The molecule has 72 valence electrons. The molecule has 0 aromatic heterocycles. The molecule has 1 aliphatic rings. The van der Waals surface area contributed by atoms with Gasteiger partial charge < -0.3 is 0 Å². The van der Waals surface area contributed by atoms with Crippen LogP contribution in [0.5, 0.6) is 0 Å². The van der Waals surface area contributed by atoms with Crippen molar-refractivity contribution in [1.82, 2.24) is 0 Å². The number of hydrogen-bond donors (Lipinski definition) is 0. The van der Waals surface area contributed by atoms with E-state index in [1.807, 2.05) is 0 Å². The van der Waals surface area contributed by atoms with Crippen LogP contribution in [0.3, 0.4) is 0 Å². The van der Waals surface area contributed by atoms with Crippen molar-refractivity contribution in [2.24, 2.45) is 5.92 Å². The molecule has 0 spiro atoms. The molecular formula is C11H21Br. The Labute approximate surface area is 85.3 Å². The topological polar surface area (TPSA) is 0 Å². The lowest BCUT2D eigenvalue weighted by Gasteiger charge is -2.10. The Kier molecular flexibility index (Phi) is 5.29. The summed E-state index contributed by atoms with van der Waals surface area (Å²) in [6.07, 6.45) is 11.6. The predicted molar refractivity (Wildman–Crippen MR) is 58.8 cm³/mol.